The highest BCUT2D eigenvalue weighted by molar-refractivity contribution is 5.77. The molecule has 0 atom stereocenters. The second kappa shape index (κ2) is 5.57. The summed E-state index contributed by atoms with van der Waals surface area (Å²) in [6.45, 7) is 7.71. The van der Waals surface area contributed by atoms with Crippen LogP contribution in [0.2, 0.25) is 0 Å². The Hall–Kier alpha value is -1.71. The summed E-state index contributed by atoms with van der Waals surface area (Å²) in [6, 6.07) is 3.83. The van der Waals surface area contributed by atoms with Crippen LogP contribution in [0.5, 0.6) is 5.75 Å². The molecule has 17 heavy (non-hydrogen) atoms. The van der Waals surface area contributed by atoms with Crippen molar-refractivity contribution in [3.63, 3.8) is 0 Å². The zero-order valence-corrected chi connectivity index (χ0v) is 10.8. The maximum atomic E-state index is 11.4. The van der Waals surface area contributed by atoms with Crippen LogP contribution < -0.4 is 15.8 Å². The van der Waals surface area contributed by atoms with Crippen molar-refractivity contribution < 1.29 is 9.53 Å². The minimum atomic E-state index is -0.126. The van der Waals surface area contributed by atoms with Crippen LogP contribution in [0.3, 0.4) is 0 Å². The largest absolute Gasteiger partial charge is 0.483 e. The molecule has 1 aromatic rings. The lowest BCUT2D eigenvalue weighted by atomic mass is 10.1. The first-order chi connectivity index (χ1) is 7.90. The number of hydrogen-bond donors (Lipinski definition) is 2. The number of nitrogen functional groups attached to an aromatic ring is 1. The number of aryl methyl sites for hydroxylation is 2. The molecule has 4 nitrogen and oxygen atoms in total. The fraction of sp³-hybridized carbons (Fsp3) is 0.462. The van der Waals surface area contributed by atoms with Crippen molar-refractivity contribution in [1.29, 1.82) is 0 Å². The van der Waals surface area contributed by atoms with Crippen LogP contribution in [-0.4, -0.2) is 18.6 Å². The number of nitrogens with one attached hydrogen (secondary N) is 1. The van der Waals surface area contributed by atoms with Gasteiger partial charge in [0.1, 0.15) is 5.75 Å². The molecule has 0 heterocycles. The number of amides is 1. The van der Waals surface area contributed by atoms with Crippen LogP contribution in [0.25, 0.3) is 0 Å². The van der Waals surface area contributed by atoms with E-state index in [1.54, 1.807) is 6.07 Å². The number of carbonyl (C=O) groups excluding carboxylic acids is 1. The smallest absolute Gasteiger partial charge is 0.258 e. The zero-order chi connectivity index (χ0) is 13.0. The number of rotatable bonds is 4. The number of ether oxygens (including phenoxy) is 1. The molecule has 0 bridgehead atoms. The first kappa shape index (κ1) is 13.4. The monoisotopic (exact) mass is 236 g/mol. The quantitative estimate of drug-likeness (QED) is 0.783. The predicted molar refractivity (Wildman–Crippen MR) is 69.1 cm³/mol. The Morgan fingerprint density at radius 3 is 2.59 bits per heavy atom. The predicted octanol–water partition coefficient (Wildman–Crippen LogP) is 1.79. The van der Waals surface area contributed by atoms with Gasteiger partial charge in [-0.1, -0.05) is 6.07 Å². The van der Waals surface area contributed by atoms with Crippen molar-refractivity contribution >= 4 is 11.6 Å². The molecule has 0 aliphatic heterocycles. The maximum absolute atomic E-state index is 11.4. The molecule has 1 amide bonds. The van der Waals surface area contributed by atoms with Crippen molar-refractivity contribution in [2.45, 2.75) is 33.7 Å². The molecule has 0 aromatic heterocycles. The topological polar surface area (TPSA) is 64.3 Å². The molecule has 0 spiro atoms. The van der Waals surface area contributed by atoms with E-state index in [0.717, 1.165) is 11.1 Å². The van der Waals surface area contributed by atoms with Gasteiger partial charge in [-0.05, 0) is 38.8 Å². The van der Waals surface area contributed by atoms with Crippen molar-refractivity contribution in [3.05, 3.63) is 23.3 Å². The van der Waals surface area contributed by atoms with E-state index in [0.29, 0.717) is 11.4 Å². The summed E-state index contributed by atoms with van der Waals surface area (Å²) in [5.74, 6) is 0.533. The maximum Gasteiger partial charge on any atom is 0.258 e. The van der Waals surface area contributed by atoms with E-state index >= 15 is 0 Å². The average molecular weight is 236 g/mol. The van der Waals surface area contributed by atoms with Gasteiger partial charge in [0.25, 0.3) is 5.91 Å². The standard InChI is InChI=1S/C13H20N2O2/c1-8(2)15-13(16)7-17-12-6-11(14)9(3)5-10(12)4/h5-6,8H,7,14H2,1-4H3,(H,15,16). The Bertz CT molecular complexity index is 414. The third kappa shape index (κ3) is 3.98. The fourth-order valence-electron chi connectivity index (χ4n) is 1.51. The van der Waals surface area contributed by atoms with Crippen molar-refractivity contribution in [3.8, 4) is 5.75 Å². The zero-order valence-electron chi connectivity index (χ0n) is 10.8. The molecule has 4 heteroatoms. The molecule has 0 aliphatic carbocycles. The van der Waals surface area contributed by atoms with E-state index in [4.69, 9.17) is 10.5 Å². The molecule has 1 aromatic carbocycles. The third-order valence-electron chi connectivity index (χ3n) is 2.37. The second-order valence-corrected chi connectivity index (χ2v) is 4.49. The summed E-state index contributed by atoms with van der Waals surface area (Å²) in [5.41, 5.74) is 8.47. The molecular formula is C13H20N2O2. The average Bonchev–Trinajstić information content (AvgIpc) is 2.20. The van der Waals surface area contributed by atoms with Crippen molar-refractivity contribution in [2.24, 2.45) is 0 Å². The summed E-state index contributed by atoms with van der Waals surface area (Å²) in [5, 5.41) is 2.76. The summed E-state index contributed by atoms with van der Waals surface area (Å²) >= 11 is 0. The van der Waals surface area contributed by atoms with Gasteiger partial charge >= 0.3 is 0 Å². The van der Waals surface area contributed by atoms with Gasteiger partial charge in [-0.15, -0.1) is 0 Å². The Morgan fingerprint density at radius 1 is 1.35 bits per heavy atom. The van der Waals surface area contributed by atoms with Crippen LogP contribution in [0.1, 0.15) is 25.0 Å². The van der Waals surface area contributed by atoms with E-state index in [-0.39, 0.29) is 18.6 Å². The highest BCUT2D eigenvalue weighted by Gasteiger charge is 2.07. The Labute approximate surface area is 102 Å². The van der Waals surface area contributed by atoms with E-state index in [9.17, 15) is 4.79 Å². The molecule has 0 aliphatic rings. The SMILES string of the molecule is Cc1cc(C)c(OCC(=O)NC(C)C)cc1N. The van der Waals surface area contributed by atoms with E-state index in [2.05, 4.69) is 5.32 Å². The summed E-state index contributed by atoms with van der Waals surface area (Å²) in [6.07, 6.45) is 0. The normalized spacial score (nSPS) is 10.4. The molecule has 0 saturated heterocycles. The Kier molecular flexibility index (Phi) is 4.37. The van der Waals surface area contributed by atoms with E-state index < -0.39 is 0 Å². The summed E-state index contributed by atoms with van der Waals surface area (Å²) in [7, 11) is 0. The van der Waals surface area contributed by atoms with Crippen LogP contribution in [0.15, 0.2) is 12.1 Å². The summed E-state index contributed by atoms with van der Waals surface area (Å²) in [4.78, 5) is 11.4. The van der Waals surface area contributed by atoms with Crippen molar-refractivity contribution in [1.82, 2.24) is 5.32 Å². The number of hydrogen-bond acceptors (Lipinski definition) is 3. The molecule has 1 rings (SSSR count). The van der Waals surface area contributed by atoms with E-state index in [1.165, 1.54) is 0 Å². The highest BCUT2D eigenvalue weighted by atomic mass is 16.5. The van der Waals surface area contributed by atoms with Gasteiger partial charge in [0.05, 0.1) is 0 Å². The molecule has 0 fully saturated rings. The van der Waals surface area contributed by atoms with Crippen LogP contribution in [0.4, 0.5) is 5.69 Å². The molecule has 0 radical (unpaired) electrons. The van der Waals surface area contributed by atoms with Gasteiger partial charge in [0, 0.05) is 17.8 Å². The van der Waals surface area contributed by atoms with Gasteiger partial charge in [0.15, 0.2) is 6.61 Å². The van der Waals surface area contributed by atoms with Gasteiger partial charge in [0.2, 0.25) is 0 Å². The molecule has 0 saturated carbocycles. The Morgan fingerprint density at radius 2 is 2.00 bits per heavy atom. The molecular weight excluding hydrogens is 216 g/mol. The number of nitrogens with two attached hydrogens (primary N) is 1. The van der Waals surface area contributed by atoms with Gasteiger partial charge in [-0.25, -0.2) is 0 Å². The van der Waals surface area contributed by atoms with Crippen LogP contribution in [-0.2, 0) is 4.79 Å². The van der Waals surface area contributed by atoms with Crippen LogP contribution >= 0.6 is 0 Å². The number of anilines is 1. The van der Waals surface area contributed by atoms with Gasteiger partial charge in [-0.2, -0.15) is 0 Å². The molecule has 3 N–H and O–H groups in total. The fourth-order valence-corrected chi connectivity index (χ4v) is 1.51. The van der Waals surface area contributed by atoms with Gasteiger partial charge in [-0.3, -0.25) is 4.79 Å². The molecule has 94 valence electrons. The number of carbonyl (C=O) groups is 1. The third-order valence-corrected chi connectivity index (χ3v) is 2.37. The lowest BCUT2D eigenvalue weighted by molar-refractivity contribution is -0.123. The molecule has 0 unspecified atom stereocenters. The second-order valence-electron chi connectivity index (χ2n) is 4.49. The van der Waals surface area contributed by atoms with Gasteiger partial charge < -0.3 is 15.8 Å². The highest BCUT2D eigenvalue weighted by Crippen LogP contribution is 2.24. The lowest BCUT2D eigenvalue weighted by Crippen LogP contribution is -2.34. The number of benzene rings is 1. The Balaban J connectivity index is 2.63. The van der Waals surface area contributed by atoms with E-state index in [1.807, 2.05) is 33.8 Å². The minimum Gasteiger partial charge on any atom is -0.483 e. The lowest BCUT2D eigenvalue weighted by Gasteiger charge is -2.12. The first-order valence-electron chi connectivity index (χ1n) is 5.69. The van der Waals surface area contributed by atoms with Crippen molar-refractivity contribution in [2.75, 3.05) is 12.3 Å². The van der Waals surface area contributed by atoms with Crippen LogP contribution in [0, 0.1) is 13.8 Å². The summed E-state index contributed by atoms with van der Waals surface area (Å²) < 4.78 is 5.44. The minimum absolute atomic E-state index is 0.0154. The first-order valence-corrected chi connectivity index (χ1v) is 5.69.